The maximum atomic E-state index is 11.3. The van der Waals surface area contributed by atoms with Crippen LogP contribution in [0.2, 0.25) is 0 Å². The summed E-state index contributed by atoms with van der Waals surface area (Å²) < 4.78 is 0. The van der Waals surface area contributed by atoms with Gasteiger partial charge in [0.05, 0.1) is 0 Å². The molecule has 2 heteroatoms. The fourth-order valence-electron chi connectivity index (χ4n) is 2.22. The van der Waals surface area contributed by atoms with Crippen molar-refractivity contribution in [3.8, 4) is 0 Å². The van der Waals surface area contributed by atoms with Crippen LogP contribution in [-0.4, -0.2) is 23.4 Å². The lowest BCUT2D eigenvalue weighted by Crippen LogP contribution is -2.58. The lowest BCUT2D eigenvalue weighted by atomic mass is 9.86. The van der Waals surface area contributed by atoms with Crippen molar-refractivity contribution in [3.05, 3.63) is 12.7 Å². The average molecular weight is 165 g/mol. The Morgan fingerprint density at radius 3 is 2.67 bits per heavy atom. The summed E-state index contributed by atoms with van der Waals surface area (Å²) in [4.78, 5) is 13.3. The van der Waals surface area contributed by atoms with Gasteiger partial charge in [-0.15, -0.1) is 0 Å². The average Bonchev–Trinajstić information content (AvgIpc) is 2.82. The SMILES string of the molecule is C=CC(=O)N1CC(C)[C@@H]1C1CC1. The summed E-state index contributed by atoms with van der Waals surface area (Å²) in [5.74, 6) is 1.63. The van der Waals surface area contributed by atoms with E-state index >= 15 is 0 Å². The minimum absolute atomic E-state index is 0.116. The fraction of sp³-hybridized carbons (Fsp3) is 0.700. The summed E-state index contributed by atoms with van der Waals surface area (Å²) in [6.45, 7) is 6.68. The van der Waals surface area contributed by atoms with Gasteiger partial charge in [-0.25, -0.2) is 0 Å². The first-order valence-electron chi connectivity index (χ1n) is 4.67. The van der Waals surface area contributed by atoms with Gasteiger partial charge in [0.2, 0.25) is 5.91 Å². The monoisotopic (exact) mass is 165 g/mol. The van der Waals surface area contributed by atoms with Crippen LogP contribution in [0.15, 0.2) is 12.7 Å². The zero-order valence-electron chi connectivity index (χ0n) is 7.49. The predicted octanol–water partition coefficient (Wildman–Crippen LogP) is 1.43. The van der Waals surface area contributed by atoms with Crippen LogP contribution in [0.1, 0.15) is 19.8 Å². The van der Waals surface area contributed by atoms with Crippen molar-refractivity contribution in [3.63, 3.8) is 0 Å². The molecule has 1 unspecified atom stereocenters. The normalized spacial score (nSPS) is 34.2. The van der Waals surface area contributed by atoms with Crippen molar-refractivity contribution in [1.82, 2.24) is 4.90 Å². The Labute approximate surface area is 73.2 Å². The lowest BCUT2D eigenvalue weighted by molar-refractivity contribution is -0.138. The van der Waals surface area contributed by atoms with Gasteiger partial charge in [-0.1, -0.05) is 13.5 Å². The van der Waals surface area contributed by atoms with E-state index in [0.29, 0.717) is 12.0 Å². The van der Waals surface area contributed by atoms with Gasteiger partial charge < -0.3 is 4.90 Å². The third-order valence-corrected chi connectivity index (χ3v) is 2.99. The molecule has 1 saturated heterocycles. The quantitative estimate of drug-likeness (QED) is 0.567. The third-order valence-electron chi connectivity index (χ3n) is 2.99. The van der Waals surface area contributed by atoms with Crippen LogP contribution in [0.4, 0.5) is 0 Å². The summed E-state index contributed by atoms with van der Waals surface area (Å²) in [6.07, 6.45) is 4.06. The molecule has 1 saturated carbocycles. The van der Waals surface area contributed by atoms with Crippen molar-refractivity contribution in [1.29, 1.82) is 0 Å². The minimum atomic E-state index is 0.116. The number of likely N-dealkylation sites (tertiary alicyclic amines) is 1. The van der Waals surface area contributed by atoms with Gasteiger partial charge in [-0.05, 0) is 30.8 Å². The molecule has 0 bridgehead atoms. The number of rotatable bonds is 2. The molecule has 1 aliphatic heterocycles. The minimum Gasteiger partial charge on any atom is -0.335 e. The van der Waals surface area contributed by atoms with E-state index < -0.39 is 0 Å². The molecule has 1 amide bonds. The van der Waals surface area contributed by atoms with Gasteiger partial charge in [-0.2, -0.15) is 0 Å². The Morgan fingerprint density at radius 1 is 1.58 bits per heavy atom. The maximum absolute atomic E-state index is 11.3. The van der Waals surface area contributed by atoms with Crippen molar-refractivity contribution in [2.75, 3.05) is 6.54 Å². The van der Waals surface area contributed by atoms with Crippen LogP contribution >= 0.6 is 0 Å². The van der Waals surface area contributed by atoms with Gasteiger partial charge in [0.1, 0.15) is 0 Å². The van der Waals surface area contributed by atoms with E-state index in [1.165, 1.54) is 18.9 Å². The van der Waals surface area contributed by atoms with E-state index in [1.54, 1.807) is 0 Å². The second-order valence-corrected chi connectivity index (χ2v) is 4.00. The molecule has 0 aromatic carbocycles. The van der Waals surface area contributed by atoms with E-state index in [0.717, 1.165) is 12.5 Å². The van der Waals surface area contributed by atoms with Gasteiger partial charge in [-0.3, -0.25) is 4.79 Å². The van der Waals surface area contributed by atoms with Crippen molar-refractivity contribution < 1.29 is 4.79 Å². The number of hydrogen-bond acceptors (Lipinski definition) is 1. The molecule has 1 aliphatic carbocycles. The molecule has 66 valence electrons. The molecule has 2 atom stereocenters. The Hall–Kier alpha value is -0.790. The van der Waals surface area contributed by atoms with Crippen LogP contribution < -0.4 is 0 Å². The molecule has 0 radical (unpaired) electrons. The van der Waals surface area contributed by atoms with Crippen molar-refractivity contribution in [2.24, 2.45) is 11.8 Å². The second kappa shape index (κ2) is 2.61. The van der Waals surface area contributed by atoms with Gasteiger partial charge in [0.25, 0.3) is 0 Å². The molecule has 0 aromatic heterocycles. The molecule has 2 fully saturated rings. The number of nitrogens with zero attached hydrogens (tertiary/aromatic N) is 1. The molecule has 12 heavy (non-hydrogen) atoms. The highest BCUT2D eigenvalue weighted by molar-refractivity contribution is 5.88. The molecular formula is C10H15NO. The second-order valence-electron chi connectivity index (χ2n) is 4.00. The summed E-state index contributed by atoms with van der Waals surface area (Å²) in [5, 5.41) is 0. The zero-order chi connectivity index (χ0) is 8.72. The van der Waals surface area contributed by atoms with E-state index in [4.69, 9.17) is 0 Å². The highest BCUT2D eigenvalue weighted by atomic mass is 16.2. The van der Waals surface area contributed by atoms with E-state index in [2.05, 4.69) is 13.5 Å². The summed E-state index contributed by atoms with van der Waals surface area (Å²) in [6, 6.07) is 0.537. The zero-order valence-corrected chi connectivity index (χ0v) is 7.49. The molecular weight excluding hydrogens is 150 g/mol. The molecule has 0 N–H and O–H groups in total. The van der Waals surface area contributed by atoms with E-state index in [9.17, 15) is 4.79 Å². The highest BCUT2D eigenvalue weighted by Gasteiger charge is 2.46. The summed E-state index contributed by atoms with van der Waals surface area (Å²) in [7, 11) is 0. The predicted molar refractivity (Wildman–Crippen MR) is 47.6 cm³/mol. The summed E-state index contributed by atoms with van der Waals surface area (Å²) >= 11 is 0. The topological polar surface area (TPSA) is 20.3 Å². The van der Waals surface area contributed by atoms with Crippen LogP contribution in [0, 0.1) is 11.8 Å². The smallest absolute Gasteiger partial charge is 0.246 e. The molecule has 0 spiro atoms. The molecule has 0 aromatic rings. The Bertz CT molecular complexity index is 218. The first kappa shape index (κ1) is 7.84. The number of carbonyl (C=O) groups is 1. The molecule has 2 rings (SSSR count). The van der Waals surface area contributed by atoms with Gasteiger partial charge in [0.15, 0.2) is 0 Å². The highest BCUT2D eigenvalue weighted by Crippen LogP contribution is 2.43. The van der Waals surface area contributed by atoms with E-state index in [1.807, 2.05) is 4.90 Å². The number of carbonyl (C=O) groups excluding carboxylic acids is 1. The Kier molecular flexibility index (Phi) is 1.71. The van der Waals surface area contributed by atoms with Crippen LogP contribution in [0.3, 0.4) is 0 Å². The van der Waals surface area contributed by atoms with Gasteiger partial charge in [0, 0.05) is 12.6 Å². The van der Waals surface area contributed by atoms with Crippen LogP contribution in [0.25, 0.3) is 0 Å². The molecule has 1 heterocycles. The van der Waals surface area contributed by atoms with Crippen molar-refractivity contribution in [2.45, 2.75) is 25.8 Å². The largest absolute Gasteiger partial charge is 0.335 e. The first-order valence-corrected chi connectivity index (χ1v) is 4.67. The fourth-order valence-corrected chi connectivity index (χ4v) is 2.22. The Balaban J connectivity index is 1.99. The Morgan fingerprint density at radius 2 is 2.25 bits per heavy atom. The van der Waals surface area contributed by atoms with E-state index in [-0.39, 0.29) is 5.91 Å². The number of amides is 1. The summed E-state index contributed by atoms with van der Waals surface area (Å²) in [5.41, 5.74) is 0. The maximum Gasteiger partial charge on any atom is 0.246 e. The standard InChI is InChI=1S/C10H15NO/c1-3-9(12)11-6-7(2)10(11)8-4-5-8/h3,7-8,10H,1,4-6H2,2H3/t7?,10-/m1/s1. The van der Waals surface area contributed by atoms with Crippen molar-refractivity contribution >= 4 is 5.91 Å². The van der Waals surface area contributed by atoms with Crippen LogP contribution in [-0.2, 0) is 4.79 Å². The van der Waals surface area contributed by atoms with Gasteiger partial charge >= 0.3 is 0 Å². The number of hydrogen-bond donors (Lipinski definition) is 0. The first-order chi connectivity index (χ1) is 5.74. The molecule has 2 aliphatic rings. The third kappa shape index (κ3) is 1.06. The lowest BCUT2D eigenvalue weighted by Gasteiger charge is -2.46. The van der Waals surface area contributed by atoms with Crippen LogP contribution in [0.5, 0.6) is 0 Å². The molecule has 2 nitrogen and oxygen atoms in total.